The molecule has 0 atom stereocenters. The van der Waals surface area contributed by atoms with E-state index in [0.717, 1.165) is 6.42 Å². The van der Waals surface area contributed by atoms with Crippen molar-refractivity contribution in [2.75, 3.05) is 14.2 Å². The average Bonchev–Trinajstić information content (AvgIpc) is 2.11. The van der Waals surface area contributed by atoms with E-state index in [1.165, 1.54) is 17.7 Å². The molecular formula is C9H17NO2. The summed E-state index contributed by atoms with van der Waals surface area (Å²) in [6, 6.07) is 0. The maximum atomic E-state index is 11.2. The highest BCUT2D eigenvalue weighted by Crippen LogP contribution is 2.04. The van der Waals surface area contributed by atoms with Crippen LogP contribution in [-0.2, 0) is 9.63 Å². The van der Waals surface area contributed by atoms with Gasteiger partial charge in [0.1, 0.15) is 0 Å². The first-order valence-electron chi connectivity index (χ1n) is 4.04. The van der Waals surface area contributed by atoms with E-state index >= 15 is 0 Å². The van der Waals surface area contributed by atoms with Gasteiger partial charge in [0, 0.05) is 13.5 Å². The number of carbonyl (C=O) groups excluding carboxylic acids is 1. The molecule has 3 heteroatoms. The molecule has 1 amide bonds. The van der Waals surface area contributed by atoms with E-state index < -0.39 is 0 Å². The lowest BCUT2D eigenvalue weighted by atomic mass is 10.1. The van der Waals surface area contributed by atoms with E-state index in [9.17, 15) is 4.79 Å². The lowest BCUT2D eigenvalue weighted by Crippen LogP contribution is -2.24. The van der Waals surface area contributed by atoms with Crippen LogP contribution in [0.5, 0.6) is 0 Å². The first kappa shape index (κ1) is 11.2. The van der Waals surface area contributed by atoms with Gasteiger partial charge in [-0.3, -0.25) is 9.63 Å². The minimum atomic E-state index is 0.0127. The third-order valence-electron chi connectivity index (χ3n) is 1.85. The molecule has 0 aromatic heterocycles. The van der Waals surface area contributed by atoms with Crippen molar-refractivity contribution in [3.63, 3.8) is 0 Å². The summed E-state index contributed by atoms with van der Waals surface area (Å²) in [5.74, 6) is 0.0127. The fraction of sp³-hybridized carbons (Fsp3) is 0.667. The molecule has 12 heavy (non-hydrogen) atoms. The van der Waals surface area contributed by atoms with E-state index in [2.05, 4.69) is 0 Å². The predicted octanol–water partition coefficient (Wildman–Crippen LogP) is 1.75. The third kappa shape index (κ3) is 4.13. The van der Waals surface area contributed by atoms with Crippen molar-refractivity contribution < 1.29 is 9.63 Å². The molecule has 0 fully saturated rings. The fourth-order valence-electron chi connectivity index (χ4n) is 0.708. The highest BCUT2D eigenvalue weighted by Gasteiger charge is 2.06. The Kier molecular flexibility index (Phi) is 5.37. The van der Waals surface area contributed by atoms with Gasteiger partial charge in [-0.05, 0) is 20.3 Å². The molecule has 0 radical (unpaired) electrons. The molecule has 0 heterocycles. The highest BCUT2D eigenvalue weighted by molar-refractivity contribution is 5.74. The van der Waals surface area contributed by atoms with Crippen molar-refractivity contribution in [3.8, 4) is 0 Å². The van der Waals surface area contributed by atoms with Crippen LogP contribution in [0.25, 0.3) is 0 Å². The molecule has 0 saturated heterocycles. The van der Waals surface area contributed by atoms with Crippen LogP contribution in [-0.4, -0.2) is 25.1 Å². The standard InChI is InChI=1S/C9H17NO2/c1-5-8(2)6-7-9(11)10(3)12-4/h5H,6-7H2,1-4H3/b8-5+. The number of hydrogen-bond donors (Lipinski definition) is 0. The van der Waals surface area contributed by atoms with Crippen LogP contribution in [0.15, 0.2) is 11.6 Å². The number of nitrogens with zero attached hydrogens (tertiary/aromatic N) is 1. The molecule has 0 bridgehead atoms. The predicted molar refractivity (Wildman–Crippen MR) is 48.4 cm³/mol. The van der Waals surface area contributed by atoms with Crippen LogP contribution >= 0.6 is 0 Å². The summed E-state index contributed by atoms with van der Waals surface area (Å²) in [6.07, 6.45) is 3.34. The van der Waals surface area contributed by atoms with Crippen LogP contribution in [0.4, 0.5) is 0 Å². The van der Waals surface area contributed by atoms with Gasteiger partial charge in [0.2, 0.25) is 5.91 Å². The van der Waals surface area contributed by atoms with E-state index in [1.807, 2.05) is 19.9 Å². The minimum absolute atomic E-state index is 0.0127. The molecule has 0 saturated carbocycles. The molecule has 0 N–H and O–H groups in total. The summed E-state index contributed by atoms with van der Waals surface area (Å²) in [5, 5.41) is 1.25. The van der Waals surface area contributed by atoms with Crippen molar-refractivity contribution in [2.45, 2.75) is 26.7 Å². The smallest absolute Gasteiger partial charge is 0.246 e. The Bertz CT molecular complexity index is 175. The van der Waals surface area contributed by atoms with Crippen molar-refractivity contribution in [1.29, 1.82) is 0 Å². The van der Waals surface area contributed by atoms with Crippen LogP contribution in [0.1, 0.15) is 26.7 Å². The van der Waals surface area contributed by atoms with E-state index in [4.69, 9.17) is 4.84 Å². The monoisotopic (exact) mass is 171 g/mol. The summed E-state index contributed by atoms with van der Waals surface area (Å²) in [7, 11) is 3.10. The van der Waals surface area contributed by atoms with Crippen LogP contribution in [0, 0.1) is 0 Å². The summed E-state index contributed by atoms with van der Waals surface area (Å²) in [5.41, 5.74) is 1.23. The minimum Gasteiger partial charge on any atom is -0.275 e. The Hall–Kier alpha value is -0.830. The molecular weight excluding hydrogens is 154 g/mol. The van der Waals surface area contributed by atoms with E-state index in [1.54, 1.807) is 7.05 Å². The van der Waals surface area contributed by atoms with Gasteiger partial charge in [-0.1, -0.05) is 11.6 Å². The Morgan fingerprint density at radius 3 is 2.50 bits per heavy atom. The SMILES string of the molecule is C/C=C(\C)CCC(=O)N(C)OC. The quantitative estimate of drug-likeness (QED) is 0.476. The second-order valence-corrected chi connectivity index (χ2v) is 2.71. The second-order valence-electron chi connectivity index (χ2n) is 2.71. The summed E-state index contributed by atoms with van der Waals surface area (Å²) >= 11 is 0. The highest BCUT2D eigenvalue weighted by atomic mass is 16.7. The van der Waals surface area contributed by atoms with Gasteiger partial charge in [-0.25, -0.2) is 5.06 Å². The fourth-order valence-corrected chi connectivity index (χ4v) is 0.708. The van der Waals surface area contributed by atoms with Crippen LogP contribution in [0.2, 0.25) is 0 Å². The Labute approximate surface area is 74.0 Å². The van der Waals surface area contributed by atoms with E-state index in [-0.39, 0.29) is 5.91 Å². The molecule has 0 aliphatic heterocycles. The average molecular weight is 171 g/mol. The second kappa shape index (κ2) is 5.77. The maximum absolute atomic E-state index is 11.2. The van der Waals surface area contributed by atoms with Gasteiger partial charge in [0.25, 0.3) is 0 Å². The zero-order valence-electron chi connectivity index (χ0n) is 8.26. The van der Waals surface area contributed by atoms with Gasteiger partial charge in [0.15, 0.2) is 0 Å². The summed E-state index contributed by atoms with van der Waals surface area (Å²) in [4.78, 5) is 15.9. The molecule has 0 spiro atoms. The normalized spacial score (nSPS) is 11.5. The molecule has 0 unspecified atom stereocenters. The Morgan fingerprint density at radius 1 is 1.50 bits per heavy atom. The summed E-state index contributed by atoms with van der Waals surface area (Å²) < 4.78 is 0. The number of allylic oxidation sites excluding steroid dienone is 2. The zero-order valence-corrected chi connectivity index (χ0v) is 8.26. The van der Waals surface area contributed by atoms with Gasteiger partial charge >= 0.3 is 0 Å². The van der Waals surface area contributed by atoms with Crippen molar-refractivity contribution >= 4 is 5.91 Å². The van der Waals surface area contributed by atoms with Crippen LogP contribution < -0.4 is 0 Å². The van der Waals surface area contributed by atoms with Gasteiger partial charge < -0.3 is 0 Å². The number of rotatable bonds is 4. The number of hydroxylamine groups is 2. The first-order valence-corrected chi connectivity index (χ1v) is 4.04. The topological polar surface area (TPSA) is 29.5 Å². The first-order chi connectivity index (χ1) is 5.61. The van der Waals surface area contributed by atoms with E-state index in [0.29, 0.717) is 6.42 Å². The van der Waals surface area contributed by atoms with Crippen molar-refractivity contribution in [3.05, 3.63) is 11.6 Å². The Balaban J connectivity index is 3.72. The molecule has 0 aliphatic carbocycles. The summed E-state index contributed by atoms with van der Waals surface area (Å²) in [6.45, 7) is 3.99. The molecule has 0 aliphatic rings. The lowest BCUT2D eigenvalue weighted by molar-refractivity contribution is -0.168. The van der Waals surface area contributed by atoms with Crippen molar-refractivity contribution in [1.82, 2.24) is 5.06 Å². The number of hydrogen-bond acceptors (Lipinski definition) is 2. The van der Waals surface area contributed by atoms with Gasteiger partial charge in [0.05, 0.1) is 7.11 Å². The Morgan fingerprint density at radius 2 is 2.08 bits per heavy atom. The molecule has 0 aromatic carbocycles. The molecule has 0 rings (SSSR count). The zero-order chi connectivity index (χ0) is 9.56. The molecule has 70 valence electrons. The van der Waals surface area contributed by atoms with Crippen LogP contribution in [0.3, 0.4) is 0 Å². The van der Waals surface area contributed by atoms with Crippen molar-refractivity contribution in [2.24, 2.45) is 0 Å². The molecule has 3 nitrogen and oxygen atoms in total. The maximum Gasteiger partial charge on any atom is 0.246 e. The number of amides is 1. The number of carbonyl (C=O) groups is 1. The largest absolute Gasteiger partial charge is 0.275 e. The van der Waals surface area contributed by atoms with Gasteiger partial charge in [-0.15, -0.1) is 0 Å². The van der Waals surface area contributed by atoms with Gasteiger partial charge in [-0.2, -0.15) is 0 Å². The third-order valence-corrected chi connectivity index (χ3v) is 1.85. The molecule has 0 aromatic rings. The lowest BCUT2D eigenvalue weighted by Gasteiger charge is -2.13.